The third-order valence-corrected chi connectivity index (χ3v) is 2.97. The minimum atomic E-state index is 0.000237. The van der Waals surface area contributed by atoms with E-state index in [9.17, 15) is 9.59 Å². The number of benzene rings is 1. The molecule has 1 N–H and O–H groups in total. The van der Waals surface area contributed by atoms with Crippen molar-refractivity contribution in [2.24, 2.45) is 0 Å². The number of fused-ring (bicyclic) bond motifs is 1. The minimum Gasteiger partial charge on any atom is -0.374 e. The van der Waals surface area contributed by atoms with Crippen LogP contribution in [-0.4, -0.2) is 43.9 Å². The van der Waals surface area contributed by atoms with E-state index in [2.05, 4.69) is 5.32 Å². The molecule has 18 heavy (non-hydrogen) atoms. The van der Waals surface area contributed by atoms with E-state index in [0.29, 0.717) is 13.0 Å². The Morgan fingerprint density at radius 3 is 2.83 bits per heavy atom. The first-order chi connectivity index (χ1) is 8.59. The van der Waals surface area contributed by atoms with Crippen molar-refractivity contribution >= 4 is 23.2 Å². The van der Waals surface area contributed by atoms with Gasteiger partial charge in [0.2, 0.25) is 11.8 Å². The normalized spacial score (nSPS) is 13.9. The molecule has 0 aliphatic carbocycles. The summed E-state index contributed by atoms with van der Waals surface area (Å²) in [6.07, 6.45) is 0.340. The molecule has 0 fully saturated rings. The Bertz CT molecular complexity index is 471. The van der Waals surface area contributed by atoms with Gasteiger partial charge in [0.05, 0.1) is 17.9 Å². The molecule has 2 amide bonds. The van der Waals surface area contributed by atoms with E-state index in [1.807, 2.05) is 24.3 Å². The Labute approximate surface area is 106 Å². The molecule has 0 atom stereocenters. The summed E-state index contributed by atoms with van der Waals surface area (Å²) in [5.74, 6) is 0.0269. The van der Waals surface area contributed by atoms with Crippen molar-refractivity contribution in [1.29, 1.82) is 0 Å². The number of para-hydroxylation sites is 2. The molecule has 0 spiro atoms. The number of nitrogens with one attached hydrogen (secondary N) is 1. The molecule has 2 rings (SSSR count). The molecule has 0 aromatic heterocycles. The van der Waals surface area contributed by atoms with Crippen molar-refractivity contribution in [3.63, 3.8) is 0 Å². The zero-order chi connectivity index (χ0) is 13.1. The molecule has 1 aliphatic heterocycles. The highest BCUT2D eigenvalue weighted by Crippen LogP contribution is 2.28. The van der Waals surface area contributed by atoms with E-state index in [1.165, 1.54) is 0 Å². The second-order valence-electron chi connectivity index (χ2n) is 4.45. The third kappa shape index (κ3) is 2.45. The van der Waals surface area contributed by atoms with Crippen molar-refractivity contribution in [3.8, 4) is 0 Å². The predicted molar refractivity (Wildman–Crippen MR) is 70.6 cm³/mol. The smallest absolute Gasteiger partial charge is 0.246 e. The summed E-state index contributed by atoms with van der Waals surface area (Å²) in [4.78, 5) is 26.7. The lowest BCUT2D eigenvalue weighted by molar-refractivity contribution is -0.128. The molecule has 96 valence electrons. The van der Waals surface area contributed by atoms with Gasteiger partial charge in [0.25, 0.3) is 0 Å². The molecular formula is C13H17N3O2. The topological polar surface area (TPSA) is 52.7 Å². The standard InChI is InChI=1S/C13H17N3O2/c1-15(2)12(17)7-8-16-11-6-4-3-5-10(11)14-9-13(16)18/h3-6,14H,7-9H2,1-2H3. The first kappa shape index (κ1) is 12.4. The second-order valence-corrected chi connectivity index (χ2v) is 4.45. The molecule has 0 saturated heterocycles. The van der Waals surface area contributed by atoms with Crippen molar-refractivity contribution in [2.45, 2.75) is 6.42 Å². The van der Waals surface area contributed by atoms with E-state index < -0.39 is 0 Å². The number of amides is 2. The van der Waals surface area contributed by atoms with Crippen molar-refractivity contribution in [1.82, 2.24) is 4.90 Å². The van der Waals surface area contributed by atoms with Gasteiger partial charge in [0.15, 0.2) is 0 Å². The van der Waals surface area contributed by atoms with Gasteiger partial charge >= 0.3 is 0 Å². The Morgan fingerprint density at radius 1 is 1.39 bits per heavy atom. The van der Waals surface area contributed by atoms with E-state index in [4.69, 9.17) is 0 Å². The summed E-state index contributed by atoms with van der Waals surface area (Å²) in [6.45, 7) is 0.710. The molecular weight excluding hydrogens is 230 g/mol. The van der Waals surface area contributed by atoms with Crippen LogP contribution in [-0.2, 0) is 9.59 Å². The van der Waals surface area contributed by atoms with Gasteiger partial charge in [0.1, 0.15) is 0 Å². The van der Waals surface area contributed by atoms with Crippen LogP contribution in [0.1, 0.15) is 6.42 Å². The van der Waals surface area contributed by atoms with Crippen LogP contribution in [0.15, 0.2) is 24.3 Å². The SMILES string of the molecule is CN(C)C(=O)CCN1C(=O)CNc2ccccc21. The fraction of sp³-hybridized carbons (Fsp3) is 0.385. The Morgan fingerprint density at radius 2 is 2.11 bits per heavy atom. The van der Waals surface area contributed by atoms with E-state index in [1.54, 1.807) is 23.9 Å². The summed E-state index contributed by atoms with van der Waals surface area (Å²) in [6, 6.07) is 7.63. The third-order valence-electron chi connectivity index (χ3n) is 2.97. The molecule has 0 saturated carbocycles. The Hall–Kier alpha value is -2.04. The van der Waals surface area contributed by atoms with Crippen LogP contribution in [0.3, 0.4) is 0 Å². The lowest BCUT2D eigenvalue weighted by Crippen LogP contribution is -2.41. The summed E-state index contributed by atoms with van der Waals surface area (Å²) >= 11 is 0. The first-order valence-corrected chi connectivity index (χ1v) is 5.93. The number of nitrogens with zero attached hydrogens (tertiary/aromatic N) is 2. The number of hydrogen-bond acceptors (Lipinski definition) is 3. The van der Waals surface area contributed by atoms with Crippen LogP contribution in [0, 0.1) is 0 Å². The maximum atomic E-state index is 11.9. The van der Waals surface area contributed by atoms with Gasteiger partial charge in [-0.25, -0.2) is 0 Å². The summed E-state index contributed by atoms with van der Waals surface area (Å²) < 4.78 is 0. The summed E-state index contributed by atoms with van der Waals surface area (Å²) in [5.41, 5.74) is 1.79. The number of carbonyl (C=O) groups excluding carboxylic acids is 2. The summed E-state index contributed by atoms with van der Waals surface area (Å²) in [7, 11) is 3.44. The number of anilines is 2. The Balaban J connectivity index is 2.12. The fourth-order valence-electron chi connectivity index (χ4n) is 1.94. The van der Waals surface area contributed by atoms with Crippen LogP contribution < -0.4 is 10.2 Å². The average molecular weight is 247 g/mol. The second kappa shape index (κ2) is 5.08. The van der Waals surface area contributed by atoms with Gasteiger partial charge in [-0.2, -0.15) is 0 Å². The first-order valence-electron chi connectivity index (χ1n) is 5.93. The molecule has 5 heteroatoms. The highest BCUT2D eigenvalue weighted by atomic mass is 16.2. The molecule has 1 aromatic carbocycles. The lowest BCUT2D eigenvalue weighted by atomic mass is 10.2. The van der Waals surface area contributed by atoms with Crippen LogP contribution in [0.4, 0.5) is 11.4 Å². The lowest BCUT2D eigenvalue weighted by Gasteiger charge is -2.30. The van der Waals surface area contributed by atoms with Gasteiger partial charge in [-0.05, 0) is 12.1 Å². The fourth-order valence-corrected chi connectivity index (χ4v) is 1.94. The highest BCUT2D eigenvalue weighted by Gasteiger charge is 2.23. The van der Waals surface area contributed by atoms with E-state index in [-0.39, 0.29) is 18.4 Å². The molecule has 5 nitrogen and oxygen atoms in total. The largest absolute Gasteiger partial charge is 0.374 e. The van der Waals surface area contributed by atoms with Crippen molar-refractivity contribution in [3.05, 3.63) is 24.3 Å². The van der Waals surface area contributed by atoms with Gasteiger partial charge in [0, 0.05) is 27.1 Å². The summed E-state index contributed by atoms with van der Waals surface area (Å²) in [5, 5.41) is 3.07. The van der Waals surface area contributed by atoms with Crippen molar-refractivity contribution in [2.75, 3.05) is 37.4 Å². The van der Waals surface area contributed by atoms with Gasteiger partial charge < -0.3 is 15.1 Å². The molecule has 0 unspecified atom stereocenters. The van der Waals surface area contributed by atoms with E-state index >= 15 is 0 Å². The van der Waals surface area contributed by atoms with Crippen LogP contribution >= 0.6 is 0 Å². The minimum absolute atomic E-state index is 0.000237. The van der Waals surface area contributed by atoms with Gasteiger partial charge in [-0.3, -0.25) is 9.59 Å². The Kier molecular flexibility index (Phi) is 3.50. The van der Waals surface area contributed by atoms with E-state index in [0.717, 1.165) is 11.4 Å². The molecule has 0 bridgehead atoms. The average Bonchev–Trinajstić information content (AvgIpc) is 2.37. The zero-order valence-corrected chi connectivity index (χ0v) is 10.6. The van der Waals surface area contributed by atoms with Gasteiger partial charge in [-0.1, -0.05) is 12.1 Å². The quantitative estimate of drug-likeness (QED) is 0.864. The predicted octanol–water partition coefficient (Wildman–Crippen LogP) is 0.923. The van der Waals surface area contributed by atoms with Crippen molar-refractivity contribution < 1.29 is 9.59 Å². The molecule has 0 radical (unpaired) electrons. The zero-order valence-electron chi connectivity index (χ0n) is 10.6. The highest BCUT2D eigenvalue weighted by molar-refractivity contribution is 6.02. The van der Waals surface area contributed by atoms with Crippen LogP contribution in [0.25, 0.3) is 0 Å². The monoisotopic (exact) mass is 247 g/mol. The molecule has 1 aromatic rings. The maximum absolute atomic E-state index is 11.9. The molecule has 1 heterocycles. The number of hydrogen-bond donors (Lipinski definition) is 1. The van der Waals surface area contributed by atoms with Gasteiger partial charge in [-0.15, -0.1) is 0 Å². The number of carbonyl (C=O) groups is 2. The number of rotatable bonds is 3. The molecule has 1 aliphatic rings. The van der Waals surface area contributed by atoms with Crippen LogP contribution in [0.2, 0.25) is 0 Å². The van der Waals surface area contributed by atoms with Crippen LogP contribution in [0.5, 0.6) is 0 Å². The maximum Gasteiger partial charge on any atom is 0.246 e.